The fourth-order valence-electron chi connectivity index (χ4n) is 2.98. The monoisotopic (exact) mass is 354 g/mol. The van der Waals surface area contributed by atoms with E-state index in [0.29, 0.717) is 13.2 Å². The van der Waals surface area contributed by atoms with Crippen LogP contribution in [0.2, 0.25) is 0 Å². The first-order valence-electron chi connectivity index (χ1n) is 9.15. The van der Waals surface area contributed by atoms with Crippen molar-refractivity contribution >= 4 is 11.7 Å². The van der Waals surface area contributed by atoms with Gasteiger partial charge in [-0.15, -0.1) is 0 Å². The van der Waals surface area contributed by atoms with Crippen LogP contribution in [0, 0.1) is 0 Å². The molecule has 2 amide bonds. The predicted molar refractivity (Wildman–Crippen MR) is 102 cm³/mol. The molecule has 0 bridgehead atoms. The van der Waals surface area contributed by atoms with Crippen molar-refractivity contribution in [2.45, 2.75) is 31.7 Å². The van der Waals surface area contributed by atoms with Crippen molar-refractivity contribution in [1.29, 1.82) is 0 Å². The van der Waals surface area contributed by atoms with E-state index in [9.17, 15) is 4.79 Å². The lowest BCUT2D eigenvalue weighted by atomic mass is 10.1. The minimum Gasteiger partial charge on any atom is -0.493 e. The Bertz CT molecular complexity index is 691. The molecule has 3 N–H and O–H groups in total. The fourth-order valence-corrected chi connectivity index (χ4v) is 2.98. The highest BCUT2D eigenvalue weighted by atomic mass is 16.5. The van der Waals surface area contributed by atoms with Gasteiger partial charge in [0.05, 0.1) is 6.61 Å². The minimum absolute atomic E-state index is 0.0667. The summed E-state index contributed by atoms with van der Waals surface area (Å²) in [4.78, 5) is 18.5. The number of pyridine rings is 1. The number of carbonyl (C=O) groups excluding carboxylic acids is 1. The van der Waals surface area contributed by atoms with E-state index in [-0.39, 0.29) is 12.1 Å². The summed E-state index contributed by atoms with van der Waals surface area (Å²) in [7, 11) is 0. The van der Waals surface area contributed by atoms with Crippen molar-refractivity contribution in [3.63, 3.8) is 0 Å². The number of urea groups is 1. The van der Waals surface area contributed by atoms with Gasteiger partial charge >= 0.3 is 6.03 Å². The summed E-state index contributed by atoms with van der Waals surface area (Å²) in [6, 6.07) is 13.4. The van der Waals surface area contributed by atoms with Gasteiger partial charge in [-0.1, -0.05) is 6.07 Å². The summed E-state index contributed by atoms with van der Waals surface area (Å²) in [5.74, 6) is 0.777. The van der Waals surface area contributed by atoms with Crippen molar-refractivity contribution in [3.8, 4) is 5.75 Å². The van der Waals surface area contributed by atoms with Crippen LogP contribution in [0.25, 0.3) is 0 Å². The van der Waals surface area contributed by atoms with Crippen LogP contribution in [0.1, 0.15) is 25.0 Å². The molecule has 0 saturated carbocycles. The maximum absolute atomic E-state index is 12.4. The van der Waals surface area contributed by atoms with Gasteiger partial charge in [-0.05, 0) is 55.7 Å². The normalized spacial score (nSPS) is 17.4. The molecule has 26 heavy (non-hydrogen) atoms. The van der Waals surface area contributed by atoms with E-state index in [4.69, 9.17) is 10.5 Å². The van der Waals surface area contributed by atoms with Crippen molar-refractivity contribution in [1.82, 2.24) is 9.88 Å². The van der Waals surface area contributed by atoms with Crippen LogP contribution in [-0.2, 0) is 6.42 Å². The number of hydrogen-bond donors (Lipinski definition) is 2. The van der Waals surface area contributed by atoms with Gasteiger partial charge in [-0.25, -0.2) is 4.79 Å². The molecular weight excluding hydrogens is 328 g/mol. The van der Waals surface area contributed by atoms with Crippen molar-refractivity contribution in [3.05, 3.63) is 54.4 Å². The van der Waals surface area contributed by atoms with Gasteiger partial charge < -0.3 is 20.7 Å². The molecular formula is C20H26N4O2. The standard InChI is InChI=1S/C20H26N4O2/c21-16-4-3-13-24(14-10-16)20(25)23-18-6-8-19(9-7-18)26-15-11-17-5-1-2-12-22-17/h1-2,5-9,12,16H,3-4,10-11,13-15,21H2,(H,23,25)/t16-/m0/s1. The number of anilines is 1. The molecule has 1 aliphatic heterocycles. The maximum Gasteiger partial charge on any atom is 0.321 e. The molecule has 3 rings (SSSR count). The Morgan fingerprint density at radius 2 is 2.04 bits per heavy atom. The molecule has 1 aromatic heterocycles. The second-order valence-electron chi connectivity index (χ2n) is 6.55. The first kappa shape index (κ1) is 18.2. The van der Waals surface area contributed by atoms with Gasteiger partial charge in [-0.3, -0.25) is 4.98 Å². The molecule has 0 aliphatic carbocycles. The largest absolute Gasteiger partial charge is 0.493 e. The molecule has 0 unspecified atom stereocenters. The summed E-state index contributed by atoms with van der Waals surface area (Å²) < 4.78 is 5.74. The highest BCUT2D eigenvalue weighted by Gasteiger charge is 2.18. The number of benzene rings is 1. The van der Waals surface area contributed by atoms with Crippen LogP contribution in [0.15, 0.2) is 48.7 Å². The highest BCUT2D eigenvalue weighted by molar-refractivity contribution is 5.89. The zero-order chi connectivity index (χ0) is 18.2. The van der Waals surface area contributed by atoms with Crippen molar-refractivity contribution in [2.75, 3.05) is 25.0 Å². The number of rotatable bonds is 5. The third kappa shape index (κ3) is 5.46. The Hall–Kier alpha value is -2.60. The number of nitrogens with one attached hydrogen (secondary N) is 1. The van der Waals surface area contributed by atoms with Gasteiger partial charge in [0.15, 0.2) is 0 Å². The SMILES string of the molecule is N[C@H]1CCCN(C(=O)Nc2ccc(OCCc3ccccn3)cc2)CC1. The number of nitrogens with zero attached hydrogens (tertiary/aromatic N) is 2. The van der Waals surface area contributed by atoms with Gasteiger partial charge in [0, 0.05) is 43.1 Å². The number of aromatic nitrogens is 1. The summed E-state index contributed by atoms with van der Waals surface area (Å²) in [5, 5.41) is 2.94. The van der Waals surface area contributed by atoms with Gasteiger partial charge in [0.25, 0.3) is 0 Å². The van der Waals surface area contributed by atoms with Gasteiger partial charge in [0.2, 0.25) is 0 Å². The average Bonchev–Trinajstić information content (AvgIpc) is 2.89. The molecule has 2 heterocycles. The van der Waals surface area contributed by atoms with Crippen LogP contribution >= 0.6 is 0 Å². The Balaban J connectivity index is 1.45. The lowest BCUT2D eigenvalue weighted by molar-refractivity contribution is 0.213. The zero-order valence-electron chi connectivity index (χ0n) is 14.9. The average molecular weight is 354 g/mol. The molecule has 2 aromatic rings. The molecule has 6 heteroatoms. The van der Waals surface area contributed by atoms with Crippen LogP contribution in [0.5, 0.6) is 5.75 Å². The first-order valence-corrected chi connectivity index (χ1v) is 9.15. The lowest BCUT2D eigenvalue weighted by Gasteiger charge is -2.21. The van der Waals surface area contributed by atoms with Crippen molar-refractivity contribution < 1.29 is 9.53 Å². The molecule has 138 valence electrons. The predicted octanol–water partition coefficient (Wildman–Crippen LogP) is 3.05. The molecule has 1 saturated heterocycles. The molecule has 1 fully saturated rings. The molecule has 0 radical (unpaired) electrons. The number of nitrogens with two attached hydrogens (primary N) is 1. The quantitative estimate of drug-likeness (QED) is 0.865. The van der Waals surface area contributed by atoms with E-state index < -0.39 is 0 Å². The molecule has 1 atom stereocenters. The summed E-state index contributed by atoms with van der Waals surface area (Å²) in [6.45, 7) is 2.03. The van der Waals surface area contributed by atoms with E-state index >= 15 is 0 Å². The van der Waals surface area contributed by atoms with E-state index in [2.05, 4.69) is 10.3 Å². The summed E-state index contributed by atoms with van der Waals surface area (Å²) >= 11 is 0. The summed E-state index contributed by atoms with van der Waals surface area (Å²) in [5.41, 5.74) is 7.74. The van der Waals surface area contributed by atoms with Crippen LogP contribution < -0.4 is 15.8 Å². The van der Waals surface area contributed by atoms with Crippen LogP contribution in [-0.4, -0.2) is 41.7 Å². The van der Waals surface area contributed by atoms with E-state index in [1.54, 1.807) is 6.20 Å². The molecule has 0 spiro atoms. The van der Waals surface area contributed by atoms with E-state index in [1.165, 1.54) is 0 Å². The Morgan fingerprint density at radius 1 is 1.19 bits per heavy atom. The zero-order valence-corrected chi connectivity index (χ0v) is 14.9. The fraction of sp³-hybridized carbons (Fsp3) is 0.400. The second-order valence-corrected chi connectivity index (χ2v) is 6.55. The minimum atomic E-state index is -0.0667. The van der Waals surface area contributed by atoms with E-state index in [0.717, 1.165) is 49.4 Å². The van der Waals surface area contributed by atoms with Crippen LogP contribution in [0.3, 0.4) is 0 Å². The molecule has 1 aliphatic rings. The summed E-state index contributed by atoms with van der Waals surface area (Å²) in [6.07, 6.45) is 5.34. The van der Waals surface area contributed by atoms with Crippen LogP contribution in [0.4, 0.5) is 10.5 Å². The number of carbonyl (C=O) groups is 1. The maximum atomic E-state index is 12.4. The Kier molecular flexibility index (Phi) is 6.44. The van der Waals surface area contributed by atoms with Gasteiger partial charge in [-0.2, -0.15) is 0 Å². The van der Waals surface area contributed by atoms with Crippen molar-refractivity contribution in [2.24, 2.45) is 5.73 Å². The number of amides is 2. The number of likely N-dealkylation sites (tertiary alicyclic amines) is 1. The third-order valence-corrected chi connectivity index (χ3v) is 4.52. The third-order valence-electron chi connectivity index (χ3n) is 4.52. The Morgan fingerprint density at radius 3 is 2.81 bits per heavy atom. The van der Waals surface area contributed by atoms with Gasteiger partial charge in [0.1, 0.15) is 5.75 Å². The number of ether oxygens (including phenoxy) is 1. The second kappa shape index (κ2) is 9.20. The molecule has 1 aromatic carbocycles. The first-order chi connectivity index (χ1) is 12.7. The number of hydrogen-bond acceptors (Lipinski definition) is 4. The lowest BCUT2D eigenvalue weighted by Crippen LogP contribution is -2.36. The topological polar surface area (TPSA) is 80.5 Å². The molecule has 6 nitrogen and oxygen atoms in total. The van der Waals surface area contributed by atoms with E-state index in [1.807, 2.05) is 47.4 Å². The highest BCUT2D eigenvalue weighted by Crippen LogP contribution is 2.17. The smallest absolute Gasteiger partial charge is 0.321 e. The Labute approximate surface area is 154 Å².